The Balaban J connectivity index is 1.93. The minimum atomic E-state index is -4.60. The minimum Gasteiger partial charge on any atom is -0.365 e. The number of sulfonamides is 1. The Morgan fingerprint density at radius 1 is 0.946 bits per heavy atom. The van der Waals surface area contributed by atoms with Crippen LogP contribution < -0.4 is 5.32 Å². The van der Waals surface area contributed by atoms with E-state index >= 15 is 0 Å². The van der Waals surface area contributed by atoms with Crippen molar-refractivity contribution >= 4 is 21.7 Å². The zero-order valence-corrected chi connectivity index (χ0v) is 21.2. The number of hydrogen-bond acceptors (Lipinski definition) is 8. The number of nitrogens with one attached hydrogen (secondary N) is 1. The summed E-state index contributed by atoms with van der Waals surface area (Å²) >= 11 is 0. The summed E-state index contributed by atoms with van der Waals surface area (Å²) in [6.07, 6.45) is -0.789. The number of rotatable bonds is 10. The number of ether oxygens (including phenoxy) is 2. The summed E-state index contributed by atoms with van der Waals surface area (Å²) in [6, 6.07) is 22.0. The van der Waals surface area contributed by atoms with Crippen LogP contribution in [0.25, 0.3) is 0 Å². The molecule has 1 saturated heterocycles. The summed E-state index contributed by atoms with van der Waals surface area (Å²) in [5, 5.41) is 15.3. The van der Waals surface area contributed by atoms with Crippen molar-refractivity contribution in [2.45, 2.75) is 23.0 Å². The third-order valence-corrected chi connectivity index (χ3v) is 8.20. The molecule has 0 spiro atoms. The molecule has 37 heavy (non-hydrogen) atoms. The number of hydrogen-bond donors (Lipinski definition) is 2. The van der Waals surface area contributed by atoms with Gasteiger partial charge >= 0.3 is 0 Å². The van der Waals surface area contributed by atoms with Gasteiger partial charge in [0.25, 0.3) is 15.9 Å². The topological polar surface area (TPSA) is 122 Å². The van der Waals surface area contributed by atoms with Gasteiger partial charge in [0.2, 0.25) is 0 Å². The molecule has 4 rings (SSSR count). The number of Topliss-reactive ketones (excluding diaryl/α,β-unsaturated/α-hetero) is 1. The van der Waals surface area contributed by atoms with Crippen molar-refractivity contribution in [1.29, 1.82) is 0 Å². The van der Waals surface area contributed by atoms with Gasteiger partial charge in [0.05, 0.1) is 10.9 Å². The Morgan fingerprint density at radius 3 is 2.00 bits per heavy atom. The summed E-state index contributed by atoms with van der Waals surface area (Å²) in [4.78, 5) is 27.5. The maximum atomic E-state index is 14.0. The first-order valence-electron chi connectivity index (χ1n) is 11.6. The fourth-order valence-corrected chi connectivity index (χ4v) is 6.21. The molecule has 3 aromatic rings. The van der Waals surface area contributed by atoms with Gasteiger partial charge in [0.1, 0.15) is 5.92 Å². The molecule has 1 fully saturated rings. The van der Waals surface area contributed by atoms with E-state index in [9.17, 15) is 23.1 Å². The van der Waals surface area contributed by atoms with E-state index in [1.54, 1.807) is 42.5 Å². The molecule has 3 aromatic carbocycles. The van der Waals surface area contributed by atoms with Crippen LogP contribution in [0, 0.1) is 5.92 Å². The highest BCUT2D eigenvalue weighted by Gasteiger charge is 2.65. The Morgan fingerprint density at radius 2 is 1.46 bits per heavy atom. The average Bonchev–Trinajstić information content (AvgIpc) is 3.17. The van der Waals surface area contributed by atoms with Crippen LogP contribution in [0.3, 0.4) is 0 Å². The van der Waals surface area contributed by atoms with Crippen molar-refractivity contribution in [3.05, 3.63) is 102 Å². The van der Waals surface area contributed by atoms with Gasteiger partial charge in [-0.15, -0.1) is 0 Å². The summed E-state index contributed by atoms with van der Waals surface area (Å²) in [5.74, 6) is -3.25. The van der Waals surface area contributed by atoms with Crippen molar-refractivity contribution in [1.82, 2.24) is 9.62 Å². The molecule has 1 amide bonds. The normalized spacial score (nSPS) is 21.9. The van der Waals surface area contributed by atoms with Crippen LogP contribution in [0.1, 0.15) is 15.9 Å². The Hall–Kier alpha value is -3.41. The molecule has 0 radical (unpaired) electrons. The van der Waals surface area contributed by atoms with E-state index in [2.05, 4.69) is 5.32 Å². The standard InChI is InChI=1S/C27H28N2O7S/c1-35-22(36-2)18-28-25-23(24(30)19-12-6-3-7-13-19)26(31)29(27(25,32)20-14-8-4-9-15-20)37(33,34)21-16-10-5-11-17-21/h3-17,22-23,25,28,32H,18H2,1-2H3. The van der Waals surface area contributed by atoms with Crippen LogP contribution in [-0.2, 0) is 30.0 Å². The predicted octanol–water partition coefficient (Wildman–Crippen LogP) is 2.14. The third-order valence-electron chi connectivity index (χ3n) is 6.39. The lowest BCUT2D eigenvalue weighted by molar-refractivity contribution is -0.136. The molecule has 2 N–H and O–H groups in total. The zero-order valence-electron chi connectivity index (χ0n) is 20.4. The fourth-order valence-electron chi connectivity index (χ4n) is 4.57. The molecule has 0 bridgehead atoms. The largest absolute Gasteiger partial charge is 0.365 e. The molecule has 10 heteroatoms. The Bertz CT molecular complexity index is 1330. The maximum Gasteiger partial charge on any atom is 0.269 e. The summed E-state index contributed by atoms with van der Waals surface area (Å²) in [6.45, 7) is -0.0438. The molecule has 194 valence electrons. The highest BCUT2D eigenvalue weighted by Crippen LogP contribution is 2.45. The number of carbonyl (C=O) groups excluding carboxylic acids is 2. The quantitative estimate of drug-likeness (QED) is 0.235. The lowest BCUT2D eigenvalue weighted by Crippen LogP contribution is -2.57. The van der Waals surface area contributed by atoms with E-state index in [1.165, 1.54) is 62.8 Å². The van der Waals surface area contributed by atoms with Gasteiger partial charge in [0.15, 0.2) is 17.8 Å². The van der Waals surface area contributed by atoms with E-state index in [4.69, 9.17) is 9.47 Å². The molecule has 0 saturated carbocycles. The molecule has 1 aliphatic rings. The van der Waals surface area contributed by atoms with E-state index in [1.807, 2.05) is 0 Å². The van der Waals surface area contributed by atoms with Gasteiger partial charge in [-0.1, -0.05) is 78.9 Å². The average molecular weight is 525 g/mol. The second-order valence-corrected chi connectivity index (χ2v) is 10.3. The van der Waals surface area contributed by atoms with Crippen LogP contribution in [0.4, 0.5) is 0 Å². The molecular weight excluding hydrogens is 496 g/mol. The number of nitrogens with zero attached hydrogens (tertiary/aromatic N) is 1. The number of carbonyl (C=O) groups is 2. The van der Waals surface area contributed by atoms with E-state index in [0.29, 0.717) is 4.31 Å². The highest BCUT2D eigenvalue weighted by molar-refractivity contribution is 7.89. The number of ketones is 1. The minimum absolute atomic E-state index is 0.0438. The smallest absolute Gasteiger partial charge is 0.269 e. The molecule has 0 aliphatic carbocycles. The van der Waals surface area contributed by atoms with Gasteiger partial charge in [-0.25, -0.2) is 8.42 Å². The van der Waals surface area contributed by atoms with Gasteiger partial charge in [-0.2, -0.15) is 4.31 Å². The number of aliphatic hydroxyl groups is 1. The number of amides is 1. The van der Waals surface area contributed by atoms with Crippen molar-refractivity contribution in [3.8, 4) is 0 Å². The van der Waals surface area contributed by atoms with Crippen molar-refractivity contribution in [3.63, 3.8) is 0 Å². The lowest BCUT2D eigenvalue weighted by atomic mass is 9.85. The van der Waals surface area contributed by atoms with Crippen molar-refractivity contribution in [2.75, 3.05) is 20.8 Å². The first-order valence-corrected chi connectivity index (χ1v) is 13.0. The van der Waals surface area contributed by atoms with Gasteiger partial charge in [-0.05, 0) is 12.1 Å². The van der Waals surface area contributed by atoms with Crippen LogP contribution in [-0.4, -0.2) is 62.6 Å². The van der Waals surface area contributed by atoms with Crippen LogP contribution in [0.15, 0.2) is 95.9 Å². The van der Waals surface area contributed by atoms with Crippen molar-refractivity contribution in [2.24, 2.45) is 5.92 Å². The van der Waals surface area contributed by atoms with Gasteiger partial charge in [0, 0.05) is 31.9 Å². The van der Waals surface area contributed by atoms with Crippen LogP contribution in [0.2, 0.25) is 0 Å². The van der Waals surface area contributed by atoms with Crippen LogP contribution >= 0.6 is 0 Å². The van der Waals surface area contributed by atoms with Gasteiger partial charge < -0.3 is 19.9 Å². The SMILES string of the molecule is COC(CNC1C(C(=O)c2ccccc2)C(=O)N(S(=O)(=O)c2ccccc2)C1(O)c1ccccc1)OC. The highest BCUT2D eigenvalue weighted by atomic mass is 32.2. The summed E-state index contributed by atoms with van der Waals surface area (Å²) < 4.78 is 38.7. The molecule has 1 heterocycles. The second-order valence-electron chi connectivity index (χ2n) is 8.51. The van der Waals surface area contributed by atoms with E-state index < -0.39 is 45.7 Å². The van der Waals surface area contributed by atoms with Crippen LogP contribution in [0.5, 0.6) is 0 Å². The zero-order chi connectivity index (χ0) is 26.6. The Labute approximate surface area is 215 Å². The third kappa shape index (κ3) is 4.81. The van der Waals surface area contributed by atoms with Crippen molar-refractivity contribution < 1.29 is 32.6 Å². The predicted molar refractivity (Wildman–Crippen MR) is 135 cm³/mol. The summed E-state index contributed by atoms with van der Waals surface area (Å²) in [7, 11) is -1.77. The van der Waals surface area contributed by atoms with E-state index in [-0.39, 0.29) is 22.6 Å². The first-order chi connectivity index (χ1) is 17.8. The molecule has 0 aromatic heterocycles. The number of benzene rings is 3. The van der Waals surface area contributed by atoms with E-state index in [0.717, 1.165) is 0 Å². The Kier molecular flexibility index (Phi) is 7.86. The maximum absolute atomic E-state index is 14.0. The first kappa shape index (κ1) is 26.6. The summed E-state index contributed by atoms with van der Waals surface area (Å²) in [5.41, 5.74) is -2.12. The van der Waals surface area contributed by atoms with Gasteiger partial charge in [-0.3, -0.25) is 9.59 Å². The fraction of sp³-hybridized carbons (Fsp3) is 0.259. The molecule has 3 unspecified atom stereocenters. The molecular formula is C27H28N2O7S. The lowest BCUT2D eigenvalue weighted by Gasteiger charge is -2.37. The molecule has 1 aliphatic heterocycles. The second kappa shape index (κ2) is 10.9. The molecule has 3 atom stereocenters. The monoisotopic (exact) mass is 524 g/mol. The number of methoxy groups -OCH3 is 2. The molecule has 9 nitrogen and oxygen atoms in total.